The second-order valence-electron chi connectivity index (χ2n) is 11.3. The van der Waals surface area contributed by atoms with E-state index in [1.165, 1.54) is 32.7 Å². The molecule has 3 heterocycles. The first-order valence-corrected chi connectivity index (χ1v) is 15.0. The molecule has 0 saturated heterocycles. The number of rotatable bonds is 6. The van der Waals surface area contributed by atoms with Gasteiger partial charge in [-0.15, -0.1) is 10.2 Å². The topological polar surface area (TPSA) is 43.3 Å². The van der Waals surface area contributed by atoms with Crippen molar-refractivity contribution in [3.8, 4) is 22.5 Å². The minimum absolute atomic E-state index is 0.843. The van der Waals surface area contributed by atoms with Crippen LogP contribution in [0.3, 0.4) is 0 Å². The van der Waals surface area contributed by atoms with Gasteiger partial charge in [0.2, 0.25) is 0 Å². The molecule has 0 aliphatic heterocycles. The number of fused-ring (bicyclic) bond motifs is 9. The van der Waals surface area contributed by atoms with Crippen LogP contribution in [0.2, 0.25) is 0 Å². The summed E-state index contributed by atoms with van der Waals surface area (Å²) >= 11 is 0. The first-order chi connectivity index (χ1) is 20.7. The molecule has 0 aliphatic carbocycles. The molecule has 3 aromatic heterocycles. The van der Waals surface area contributed by atoms with E-state index in [0.717, 1.165) is 75.9 Å². The summed E-state index contributed by atoms with van der Waals surface area (Å²) < 4.78 is 8.72. The maximum atomic E-state index is 6.53. The summed E-state index contributed by atoms with van der Waals surface area (Å²) in [5.41, 5.74) is 9.89. The lowest BCUT2D eigenvalue weighted by Crippen LogP contribution is -1.94. The van der Waals surface area contributed by atoms with Crippen LogP contribution < -0.4 is 0 Å². The van der Waals surface area contributed by atoms with Crippen LogP contribution >= 0.6 is 0 Å². The summed E-state index contributed by atoms with van der Waals surface area (Å²) in [6, 6.07) is 37.0. The third kappa shape index (κ3) is 3.82. The van der Waals surface area contributed by atoms with Gasteiger partial charge in [-0.25, -0.2) is 0 Å². The van der Waals surface area contributed by atoms with Gasteiger partial charge >= 0.3 is 0 Å². The van der Waals surface area contributed by atoms with Gasteiger partial charge in [-0.2, -0.15) is 0 Å². The Morgan fingerprint density at radius 3 is 2.10 bits per heavy atom. The molecule has 0 aliphatic rings. The van der Waals surface area contributed by atoms with Gasteiger partial charge in [-0.1, -0.05) is 99.5 Å². The maximum absolute atomic E-state index is 6.53. The fourth-order valence-corrected chi connectivity index (χ4v) is 6.56. The van der Waals surface area contributed by atoms with Crippen molar-refractivity contribution >= 4 is 49.3 Å². The van der Waals surface area contributed by atoms with E-state index in [2.05, 4.69) is 126 Å². The molecule has 8 aromatic rings. The van der Waals surface area contributed by atoms with Gasteiger partial charge in [0.1, 0.15) is 11.2 Å². The van der Waals surface area contributed by atoms with Crippen LogP contribution in [0.4, 0.5) is 0 Å². The highest BCUT2D eigenvalue weighted by atomic mass is 16.3. The normalized spacial score (nSPS) is 12.0. The summed E-state index contributed by atoms with van der Waals surface area (Å²) in [5, 5.41) is 15.3. The summed E-state index contributed by atoms with van der Waals surface area (Å²) in [6.45, 7) is 4.47. The Bertz CT molecular complexity index is 2270. The number of nitrogens with zero attached hydrogens (tertiary/aromatic N) is 3. The van der Waals surface area contributed by atoms with E-state index in [1.54, 1.807) is 0 Å². The van der Waals surface area contributed by atoms with Crippen LogP contribution in [0.1, 0.15) is 37.8 Å². The number of para-hydroxylation sites is 1. The molecule has 0 atom stereocenters. The molecule has 0 unspecified atom stereocenters. The lowest BCUT2D eigenvalue weighted by Gasteiger charge is -2.10. The Morgan fingerprint density at radius 2 is 1.29 bits per heavy atom. The Balaban J connectivity index is 1.29. The molecule has 4 nitrogen and oxygen atoms in total. The van der Waals surface area contributed by atoms with Crippen LogP contribution in [0.5, 0.6) is 0 Å². The SMILES string of the molecule is CCCc1ccc2oc3c(-c4ccc(-c5nnc6c7ccccc7c7ccccc7n56)cc4)cc(CCC)cc3c2c1. The largest absolute Gasteiger partial charge is 0.455 e. The molecule has 0 N–H and O–H groups in total. The molecule has 0 spiro atoms. The number of hydrogen-bond donors (Lipinski definition) is 0. The molecule has 8 rings (SSSR count). The lowest BCUT2D eigenvalue weighted by molar-refractivity contribution is 0.669. The molecule has 0 bridgehead atoms. The fourth-order valence-electron chi connectivity index (χ4n) is 6.56. The number of benzene rings is 5. The average Bonchev–Trinajstić information content (AvgIpc) is 3.64. The molecule has 0 radical (unpaired) electrons. The number of pyridine rings is 1. The fraction of sp³-hybridized carbons (Fsp3) is 0.158. The smallest absolute Gasteiger partial charge is 0.169 e. The van der Waals surface area contributed by atoms with E-state index in [1.807, 2.05) is 0 Å². The quantitative estimate of drug-likeness (QED) is 0.195. The number of hydrogen-bond acceptors (Lipinski definition) is 3. The second kappa shape index (κ2) is 9.85. The van der Waals surface area contributed by atoms with Gasteiger partial charge in [0.15, 0.2) is 11.5 Å². The summed E-state index contributed by atoms with van der Waals surface area (Å²) in [5.74, 6) is 0.843. The maximum Gasteiger partial charge on any atom is 0.169 e. The first-order valence-electron chi connectivity index (χ1n) is 15.0. The minimum atomic E-state index is 0.843. The highest BCUT2D eigenvalue weighted by molar-refractivity contribution is 6.12. The van der Waals surface area contributed by atoms with E-state index in [0.29, 0.717) is 0 Å². The van der Waals surface area contributed by atoms with Crippen molar-refractivity contribution in [3.63, 3.8) is 0 Å². The van der Waals surface area contributed by atoms with Gasteiger partial charge in [0.05, 0.1) is 5.52 Å². The first kappa shape index (κ1) is 24.8. The zero-order chi connectivity index (χ0) is 28.2. The van der Waals surface area contributed by atoms with Crippen LogP contribution in [0.15, 0.2) is 108 Å². The molecular formula is C38H31N3O. The lowest BCUT2D eigenvalue weighted by atomic mass is 9.96. The molecule has 0 fully saturated rings. The highest BCUT2D eigenvalue weighted by Gasteiger charge is 2.18. The molecule has 42 heavy (non-hydrogen) atoms. The van der Waals surface area contributed by atoms with E-state index in [4.69, 9.17) is 9.52 Å². The van der Waals surface area contributed by atoms with E-state index in [-0.39, 0.29) is 0 Å². The molecule has 0 amide bonds. The van der Waals surface area contributed by atoms with Gasteiger partial charge in [0, 0.05) is 32.7 Å². The Hall–Kier alpha value is -4.96. The highest BCUT2D eigenvalue weighted by Crippen LogP contribution is 2.39. The summed E-state index contributed by atoms with van der Waals surface area (Å²) in [7, 11) is 0. The zero-order valence-electron chi connectivity index (χ0n) is 23.9. The van der Waals surface area contributed by atoms with Gasteiger partial charge < -0.3 is 4.42 Å². The molecule has 204 valence electrons. The van der Waals surface area contributed by atoms with Crippen LogP contribution in [-0.4, -0.2) is 14.6 Å². The zero-order valence-corrected chi connectivity index (χ0v) is 23.9. The van der Waals surface area contributed by atoms with Gasteiger partial charge in [-0.05, 0) is 65.3 Å². The summed E-state index contributed by atoms with van der Waals surface area (Å²) in [4.78, 5) is 0. The molecule has 0 saturated carbocycles. The Kier molecular flexibility index (Phi) is 5.81. The molecule has 5 aromatic carbocycles. The van der Waals surface area contributed by atoms with Crippen molar-refractivity contribution < 1.29 is 4.42 Å². The average molecular weight is 546 g/mol. The minimum Gasteiger partial charge on any atom is -0.455 e. The second-order valence-corrected chi connectivity index (χ2v) is 11.3. The number of aromatic nitrogens is 3. The van der Waals surface area contributed by atoms with Crippen molar-refractivity contribution in [2.75, 3.05) is 0 Å². The van der Waals surface area contributed by atoms with Crippen molar-refractivity contribution in [2.24, 2.45) is 0 Å². The third-order valence-electron chi connectivity index (χ3n) is 8.49. The van der Waals surface area contributed by atoms with Crippen LogP contribution in [0.25, 0.3) is 71.8 Å². The number of furan rings is 1. The van der Waals surface area contributed by atoms with E-state index < -0.39 is 0 Å². The van der Waals surface area contributed by atoms with Crippen molar-refractivity contribution in [1.82, 2.24) is 14.6 Å². The standard InChI is InChI=1S/C38H31N3O/c1-3-9-24-15-20-35-32(21-24)33-23-25(10-4-2)22-31(36(33)42-35)26-16-18-27(19-17-26)37-39-40-38-30-13-6-5-11-28(30)29-12-7-8-14-34(29)41(37)38/h5-8,11-23H,3-4,9-10H2,1-2H3. The Morgan fingerprint density at radius 1 is 0.595 bits per heavy atom. The van der Waals surface area contributed by atoms with Gasteiger partial charge in [-0.3, -0.25) is 4.40 Å². The summed E-state index contributed by atoms with van der Waals surface area (Å²) in [6.07, 6.45) is 4.35. The van der Waals surface area contributed by atoms with Crippen molar-refractivity contribution in [2.45, 2.75) is 39.5 Å². The van der Waals surface area contributed by atoms with Gasteiger partial charge in [0.25, 0.3) is 0 Å². The predicted octanol–water partition coefficient (Wildman–Crippen LogP) is 10.2. The molecular weight excluding hydrogens is 514 g/mol. The Labute approximate surface area is 244 Å². The number of aryl methyl sites for hydroxylation is 2. The van der Waals surface area contributed by atoms with Crippen molar-refractivity contribution in [1.29, 1.82) is 0 Å². The molecule has 4 heteroatoms. The predicted molar refractivity (Wildman–Crippen MR) is 174 cm³/mol. The van der Waals surface area contributed by atoms with E-state index >= 15 is 0 Å². The van der Waals surface area contributed by atoms with E-state index in [9.17, 15) is 0 Å². The van der Waals surface area contributed by atoms with Crippen LogP contribution in [0, 0.1) is 0 Å². The van der Waals surface area contributed by atoms with Crippen LogP contribution in [-0.2, 0) is 12.8 Å². The van der Waals surface area contributed by atoms with Crippen molar-refractivity contribution in [3.05, 3.63) is 114 Å². The monoisotopic (exact) mass is 545 g/mol. The third-order valence-corrected chi connectivity index (χ3v) is 8.49.